The van der Waals surface area contributed by atoms with Gasteiger partial charge in [0, 0.05) is 24.7 Å². The van der Waals surface area contributed by atoms with Crippen LogP contribution in [0.5, 0.6) is 11.5 Å². The average molecular weight is 341 g/mol. The first-order valence-corrected chi connectivity index (χ1v) is 9.33. The fourth-order valence-electron chi connectivity index (χ4n) is 2.42. The minimum absolute atomic E-state index is 0.187. The van der Waals surface area contributed by atoms with E-state index in [2.05, 4.69) is 63.3 Å². The molecule has 0 aromatic heterocycles. The fraction of sp³-hybridized carbons (Fsp3) is 0.455. The van der Waals surface area contributed by atoms with Crippen LogP contribution >= 0.6 is 0 Å². The van der Waals surface area contributed by atoms with Crippen LogP contribution in [0.2, 0.25) is 0 Å². The highest BCUT2D eigenvalue weighted by Gasteiger charge is 2.11. The summed E-state index contributed by atoms with van der Waals surface area (Å²) in [6.07, 6.45) is 2.36. The van der Waals surface area contributed by atoms with Gasteiger partial charge in [-0.1, -0.05) is 50.2 Å². The highest BCUT2D eigenvalue weighted by atomic mass is 16.5. The van der Waals surface area contributed by atoms with Crippen molar-refractivity contribution in [3.63, 3.8) is 0 Å². The van der Waals surface area contributed by atoms with Crippen LogP contribution in [0, 0.1) is 0 Å². The third-order valence-corrected chi connectivity index (χ3v) is 4.34. The lowest BCUT2D eigenvalue weighted by atomic mass is 10.1. The van der Waals surface area contributed by atoms with Gasteiger partial charge in [-0.25, -0.2) is 0 Å². The molecule has 0 amide bonds. The summed E-state index contributed by atoms with van der Waals surface area (Å²) in [4.78, 5) is 0. The molecule has 0 heterocycles. The number of nitrogens with one attached hydrogen (secondary N) is 1. The molecular weight excluding hydrogens is 310 g/mol. The first-order valence-electron chi connectivity index (χ1n) is 9.33. The van der Waals surface area contributed by atoms with E-state index in [1.807, 2.05) is 18.2 Å². The number of ether oxygens (including phenoxy) is 2. The van der Waals surface area contributed by atoms with Crippen molar-refractivity contribution in [3.8, 4) is 11.5 Å². The van der Waals surface area contributed by atoms with E-state index in [-0.39, 0.29) is 12.2 Å². The molecule has 0 radical (unpaired) electrons. The van der Waals surface area contributed by atoms with Crippen LogP contribution in [0.1, 0.15) is 51.7 Å². The Hall–Kier alpha value is -2.00. The van der Waals surface area contributed by atoms with Crippen LogP contribution in [-0.2, 0) is 13.1 Å². The normalized spacial score (nSPS) is 13.3. The summed E-state index contributed by atoms with van der Waals surface area (Å²) in [5, 5.41) is 3.50. The van der Waals surface area contributed by atoms with Gasteiger partial charge in [0.15, 0.2) is 0 Å². The maximum absolute atomic E-state index is 6.13. The molecule has 3 nitrogen and oxygen atoms in total. The van der Waals surface area contributed by atoms with Crippen LogP contribution in [-0.4, -0.2) is 12.2 Å². The van der Waals surface area contributed by atoms with Gasteiger partial charge < -0.3 is 14.8 Å². The predicted octanol–water partition coefficient (Wildman–Crippen LogP) is 5.33. The number of hydrogen-bond donors (Lipinski definition) is 1. The second-order valence-electron chi connectivity index (χ2n) is 6.53. The molecule has 1 N–H and O–H groups in total. The van der Waals surface area contributed by atoms with Crippen molar-refractivity contribution in [1.82, 2.24) is 5.32 Å². The Morgan fingerprint density at radius 1 is 0.840 bits per heavy atom. The molecule has 0 aliphatic carbocycles. The standard InChI is InChI=1S/C22H31NO2/c1-5-17(3)24-21-13-12-20(22(14-21)25-18(4)6-2)16-23-15-19-10-8-7-9-11-19/h7-14,17-18,23H,5-6,15-16H2,1-4H3. The van der Waals surface area contributed by atoms with E-state index >= 15 is 0 Å². The Bertz CT molecular complexity index is 627. The maximum atomic E-state index is 6.13. The first kappa shape index (κ1) is 19.3. The lowest BCUT2D eigenvalue weighted by Gasteiger charge is -2.19. The zero-order chi connectivity index (χ0) is 18.1. The third-order valence-electron chi connectivity index (χ3n) is 4.34. The fourth-order valence-corrected chi connectivity index (χ4v) is 2.42. The van der Waals surface area contributed by atoms with Crippen molar-refractivity contribution in [3.05, 3.63) is 59.7 Å². The molecule has 2 atom stereocenters. The van der Waals surface area contributed by atoms with Gasteiger partial charge in [0.05, 0.1) is 12.2 Å². The van der Waals surface area contributed by atoms with Gasteiger partial charge in [0.2, 0.25) is 0 Å². The molecule has 0 spiro atoms. The molecule has 0 aliphatic rings. The molecule has 0 saturated carbocycles. The second kappa shape index (κ2) is 10.1. The lowest BCUT2D eigenvalue weighted by molar-refractivity contribution is 0.203. The van der Waals surface area contributed by atoms with E-state index in [9.17, 15) is 0 Å². The molecule has 0 fully saturated rings. The van der Waals surface area contributed by atoms with E-state index in [0.29, 0.717) is 0 Å². The monoisotopic (exact) mass is 341 g/mol. The molecule has 0 aliphatic heterocycles. The Morgan fingerprint density at radius 3 is 2.20 bits per heavy atom. The summed E-state index contributed by atoms with van der Waals surface area (Å²) in [5.41, 5.74) is 2.44. The van der Waals surface area contributed by atoms with Gasteiger partial charge in [-0.05, 0) is 38.3 Å². The zero-order valence-electron chi connectivity index (χ0n) is 15.9. The molecule has 2 unspecified atom stereocenters. The van der Waals surface area contributed by atoms with Crippen LogP contribution in [0.25, 0.3) is 0 Å². The van der Waals surface area contributed by atoms with Gasteiger partial charge in [-0.3, -0.25) is 0 Å². The van der Waals surface area contributed by atoms with E-state index in [1.54, 1.807) is 0 Å². The quantitative estimate of drug-likeness (QED) is 0.633. The van der Waals surface area contributed by atoms with Crippen molar-refractivity contribution in [1.29, 1.82) is 0 Å². The van der Waals surface area contributed by atoms with E-state index in [1.165, 1.54) is 5.56 Å². The Morgan fingerprint density at radius 2 is 1.52 bits per heavy atom. The zero-order valence-corrected chi connectivity index (χ0v) is 15.9. The van der Waals surface area contributed by atoms with Crippen LogP contribution in [0.4, 0.5) is 0 Å². The molecule has 0 bridgehead atoms. The van der Waals surface area contributed by atoms with Crippen molar-refractivity contribution in [2.24, 2.45) is 0 Å². The molecular formula is C22H31NO2. The van der Waals surface area contributed by atoms with Gasteiger partial charge >= 0.3 is 0 Å². The molecule has 25 heavy (non-hydrogen) atoms. The first-order chi connectivity index (χ1) is 12.1. The van der Waals surface area contributed by atoms with Crippen molar-refractivity contribution in [2.75, 3.05) is 0 Å². The largest absolute Gasteiger partial charge is 0.491 e. The molecule has 2 rings (SSSR count). The highest BCUT2D eigenvalue weighted by molar-refractivity contribution is 5.41. The second-order valence-corrected chi connectivity index (χ2v) is 6.53. The topological polar surface area (TPSA) is 30.5 Å². The van der Waals surface area contributed by atoms with Gasteiger partial charge in [-0.15, -0.1) is 0 Å². The maximum Gasteiger partial charge on any atom is 0.127 e. The van der Waals surface area contributed by atoms with Crippen molar-refractivity contribution >= 4 is 0 Å². The molecule has 3 heteroatoms. The summed E-state index contributed by atoms with van der Waals surface area (Å²) in [7, 11) is 0. The van der Waals surface area contributed by atoms with Gasteiger partial charge in [0.25, 0.3) is 0 Å². The van der Waals surface area contributed by atoms with Crippen molar-refractivity contribution in [2.45, 2.75) is 65.8 Å². The summed E-state index contributed by atoms with van der Waals surface area (Å²) in [6.45, 7) is 10.1. The number of benzene rings is 2. The summed E-state index contributed by atoms with van der Waals surface area (Å²) in [6, 6.07) is 16.6. The number of hydrogen-bond acceptors (Lipinski definition) is 3. The lowest BCUT2D eigenvalue weighted by Crippen LogP contribution is -2.16. The minimum Gasteiger partial charge on any atom is -0.491 e. The molecule has 2 aromatic carbocycles. The summed E-state index contributed by atoms with van der Waals surface area (Å²) < 4.78 is 12.1. The van der Waals surface area contributed by atoms with E-state index in [0.717, 1.165) is 43.0 Å². The average Bonchev–Trinajstić information content (AvgIpc) is 2.64. The number of rotatable bonds is 10. The summed E-state index contributed by atoms with van der Waals surface area (Å²) in [5.74, 6) is 1.79. The van der Waals surface area contributed by atoms with Crippen LogP contribution < -0.4 is 14.8 Å². The Labute approximate surface area is 152 Å². The van der Waals surface area contributed by atoms with Crippen LogP contribution in [0.3, 0.4) is 0 Å². The van der Waals surface area contributed by atoms with Crippen molar-refractivity contribution < 1.29 is 9.47 Å². The van der Waals surface area contributed by atoms with Crippen LogP contribution in [0.15, 0.2) is 48.5 Å². The predicted molar refractivity (Wildman–Crippen MR) is 104 cm³/mol. The highest BCUT2D eigenvalue weighted by Crippen LogP contribution is 2.27. The molecule has 2 aromatic rings. The minimum atomic E-state index is 0.187. The Balaban J connectivity index is 2.06. The van der Waals surface area contributed by atoms with Gasteiger partial charge in [0.1, 0.15) is 11.5 Å². The summed E-state index contributed by atoms with van der Waals surface area (Å²) >= 11 is 0. The Kier molecular flexibility index (Phi) is 7.80. The molecule has 0 saturated heterocycles. The smallest absolute Gasteiger partial charge is 0.127 e. The van der Waals surface area contributed by atoms with E-state index in [4.69, 9.17) is 9.47 Å². The van der Waals surface area contributed by atoms with E-state index < -0.39 is 0 Å². The molecule has 136 valence electrons. The SMILES string of the molecule is CCC(C)Oc1ccc(CNCc2ccccc2)c(OC(C)CC)c1. The van der Waals surface area contributed by atoms with Gasteiger partial charge in [-0.2, -0.15) is 0 Å². The third kappa shape index (κ3) is 6.43.